The number of hydrogen-bond acceptors (Lipinski definition) is 4. The molecule has 1 saturated heterocycles. The molecule has 0 saturated carbocycles. The number of imidazole rings is 1. The molecule has 2 unspecified atom stereocenters. The summed E-state index contributed by atoms with van der Waals surface area (Å²) in [6, 6.07) is 18.2. The Kier molecular flexibility index (Phi) is 7.67. The fourth-order valence-corrected chi connectivity index (χ4v) is 3.89. The molecule has 2 aromatic carbocycles. The van der Waals surface area contributed by atoms with Crippen LogP contribution in [0.3, 0.4) is 0 Å². The van der Waals surface area contributed by atoms with Gasteiger partial charge in [0.05, 0.1) is 36.4 Å². The topological polar surface area (TPSA) is 56.5 Å². The van der Waals surface area contributed by atoms with Gasteiger partial charge in [-0.2, -0.15) is 0 Å². The summed E-state index contributed by atoms with van der Waals surface area (Å²) in [6.07, 6.45) is 1.30. The smallest absolute Gasteiger partial charge is 0.113 e. The van der Waals surface area contributed by atoms with Gasteiger partial charge in [0, 0.05) is 19.1 Å². The maximum absolute atomic E-state index is 10.7. The quantitative estimate of drug-likeness (QED) is 0.616. The zero-order chi connectivity index (χ0) is 19.3. The van der Waals surface area contributed by atoms with Crippen molar-refractivity contribution in [1.29, 1.82) is 0 Å². The molecule has 1 aliphatic rings. The number of hydrogen-bond donors (Lipinski definition) is 1. The predicted molar refractivity (Wildman–Crippen MR) is 117 cm³/mol. The second-order valence-corrected chi connectivity index (χ2v) is 7.50. The van der Waals surface area contributed by atoms with Gasteiger partial charge >= 0.3 is 0 Å². The van der Waals surface area contributed by atoms with E-state index < -0.39 is 6.10 Å². The van der Waals surface area contributed by atoms with Crippen LogP contribution in [0.5, 0.6) is 0 Å². The third-order valence-electron chi connectivity index (χ3n) is 5.47. The first-order chi connectivity index (χ1) is 13.7. The Balaban J connectivity index is 0.00000240. The first-order valence-corrected chi connectivity index (χ1v) is 10.1. The number of aromatic nitrogens is 2. The van der Waals surface area contributed by atoms with E-state index in [1.807, 2.05) is 55.5 Å². The third kappa shape index (κ3) is 5.17. The lowest BCUT2D eigenvalue weighted by molar-refractivity contribution is -0.00892. The molecule has 1 aromatic heterocycles. The van der Waals surface area contributed by atoms with E-state index in [0.29, 0.717) is 12.5 Å². The molecule has 1 N–H and O–H groups in total. The summed E-state index contributed by atoms with van der Waals surface area (Å²) in [5.41, 5.74) is 3.17. The molecular formula is C23H29ClN2O3. The Hall–Kier alpha value is -1.92. The highest BCUT2D eigenvalue weighted by atomic mass is 35.5. The number of aliphatic hydroxyl groups excluding tert-OH is 1. The van der Waals surface area contributed by atoms with Gasteiger partial charge in [-0.15, -0.1) is 12.4 Å². The highest BCUT2D eigenvalue weighted by Gasteiger charge is 2.24. The number of halogens is 1. The zero-order valence-corrected chi connectivity index (χ0v) is 17.6. The Morgan fingerprint density at radius 1 is 1.10 bits per heavy atom. The largest absolute Gasteiger partial charge is 0.389 e. The molecule has 0 amide bonds. The molecule has 156 valence electrons. The monoisotopic (exact) mass is 416 g/mol. The molecule has 2 heterocycles. The standard InChI is InChI=1S/C23H28N2O3.ClH/c1-17(18-7-3-2-4-8-18)28-16-20(26)15-25-22-10-6-5-9-21(22)24-23(25)19-11-13-27-14-12-19;/h2-10,17,19-20,26H,11-16H2,1H3;1H. The Morgan fingerprint density at radius 2 is 1.79 bits per heavy atom. The van der Waals surface area contributed by atoms with Crippen LogP contribution in [-0.4, -0.2) is 40.6 Å². The van der Waals surface area contributed by atoms with Crippen LogP contribution in [0.2, 0.25) is 0 Å². The second kappa shape index (κ2) is 10.2. The van der Waals surface area contributed by atoms with Gasteiger partial charge in [-0.25, -0.2) is 4.98 Å². The van der Waals surface area contributed by atoms with Crippen molar-refractivity contribution < 1.29 is 14.6 Å². The van der Waals surface area contributed by atoms with E-state index in [1.54, 1.807) is 0 Å². The molecule has 3 aromatic rings. The van der Waals surface area contributed by atoms with Crippen molar-refractivity contribution >= 4 is 23.4 Å². The highest BCUT2D eigenvalue weighted by Crippen LogP contribution is 2.29. The molecule has 0 bridgehead atoms. The van der Waals surface area contributed by atoms with Crippen LogP contribution < -0.4 is 0 Å². The maximum Gasteiger partial charge on any atom is 0.113 e. The van der Waals surface area contributed by atoms with Crippen molar-refractivity contribution in [2.45, 2.75) is 44.4 Å². The molecule has 6 heteroatoms. The van der Waals surface area contributed by atoms with Crippen molar-refractivity contribution in [1.82, 2.24) is 9.55 Å². The number of ether oxygens (including phenoxy) is 2. The SMILES string of the molecule is CC(OCC(O)Cn1c(C2CCOCC2)nc2ccccc21)c1ccccc1.Cl. The average molecular weight is 417 g/mol. The van der Waals surface area contributed by atoms with Gasteiger partial charge in [0.15, 0.2) is 0 Å². The Labute approximate surface area is 178 Å². The summed E-state index contributed by atoms with van der Waals surface area (Å²) in [5.74, 6) is 1.43. The van der Waals surface area contributed by atoms with Crippen LogP contribution in [-0.2, 0) is 16.0 Å². The van der Waals surface area contributed by atoms with E-state index in [2.05, 4.69) is 10.6 Å². The molecule has 0 radical (unpaired) electrons. The van der Waals surface area contributed by atoms with Crippen LogP contribution >= 0.6 is 12.4 Å². The van der Waals surface area contributed by atoms with Crippen LogP contribution in [0.25, 0.3) is 11.0 Å². The molecule has 1 fully saturated rings. The van der Waals surface area contributed by atoms with Crippen molar-refractivity contribution in [3.05, 3.63) is 66.0 Å². The van der Waals surface area contributed by atoms with Crippen molar-refractivity contribution in [3.8, 4) is 0 Å². The van der Waals surface area contributed by atoms with Crippen LogP contribution in [0, 0.1) is 0 Å². The van der Waals surface area contributed by atoms with Gasteiger partial charge in [-0.3, -0.25) is 0 Å². The van der Waals surface area contributed by atoms with Crippen LogP contribution in [0.4, 0.5) is 0 Å². The van der Waals surface area contributed by atoms with E-state index in [9.17, 15) is 5.11 Å². The lowest BCUT2D eigenvalue weighted by Gasteiger charge is -2.24. The Morgan fingerprint density at radius 3 is 2.55 bits per heavy atom. The van der Waals surface area contributed by atoms with Gasteiger partial charge in [0.25, 0.3) is 0 Å². The number of benzene rings is 2. The van der Waals surface area contributed by atoms with E-state index in [1.165, 1.54) is 0 Å². The molecular weight excluding hydrogens is 388 g/mol. The fourth-order valence-electron chi connectivity index (χ4n) is 3.89. The number of nitrogens with zero attached hydrogens (tertiary/aromatic N) is 2. The highest BCUT2D eigenvalue weighted by molar-refractivity contribution is 5.85. The molecule has 29 heavy (non-hydrogen) atoms. The predicted octanol–water partition coefficient (Wildman–Crippen LogP) is 4.49. The third-order valence-corrected chi connectivity index (χ3v) is 5.47. The molecule has 2 atom stereocenters. The first-order valence-electron chi connectivity index (χ1n) is 10.1. The summed E-state index contributed by atoms with van der Waals surface area (Å²) in [4.78, 5) is 4.89. The maximum atomic E-state index is 10.7. The normalized spacial score (nSPS) is 17.0. The number of rotatable bonds is 7. The number of fused-ring (bicyclic) bond motifs is 1. The van der Waals surface area contributed by atoms with Gasteiger partial charge in [-0.1, -0.05) is 42.5 Å². The minimum atomic E-state index is -0.595. The fraction of sp³-hybridized carbons (Fsp3) is 0.435. The van der Waals surface area contributed by atoms with E-state index >= 15 is 0 Å². The molecule has 1 aliphatic heterocycles. The zero-order valence-electron chi connectivity index (χ0n) is 16.7. The van der Waals surface area contributed by atoms with Crippen LogP contribution in [0.15, 0.2) is 54.6 Å². The minimum Gasteiger partial charge on any atom is -0.389 e. The minimum absolute atomic E-state index is 0. The van der Waals surface area contributed by atoms with Crippen molar-refractivity contribution in [2.24, 2.45) is 0 Å². The van der Waals surface area contributed by atoms with Crippen molar-refractivity contribution in [3.63, 3.8) is 0 Å². The van der Waals surface area contributed by atoms with Gasteiger partial charge in [0.2, 0.25) is 0 Å². The van der Waals surface area contributed by atoms with E-state index in [4.69, 9.17) is 14.5 Å². The van der Waals surface area contributed by atoms with E-state index in [0.717, 1.165) is 48.5 Å². The van der Waals surface area contributed by atoms with Gasteiger partial charge in [0.1, 0.15) is 5.82 Å². The van der Waals surface area contributed by atoms with Crippen LogP contribution in [0.1, 0.15) is 43.2 Å². The summed E-state index contributed by atoms with van der Waals surface area (Å²) in [7, 11) is 0. The summed E-state index contributed by atoms with van der Waals surface area (Å²) < 4.78 is 13.6. The second-order valence-electron chi connectivity index (χ2n) is 7.50. The lowest BCUT2D eigenvalue weighted by Crippen LogP contribution is -2.25. The number of para-hydroxylation sites is 2. The first kappa shape index (κ1) is 21.8. The van der Waals surface area contributed by atoms with Gasteiger partial charge < -0.3 is 19.1 Å². The summed E-state index contributed by atoms with van der Waals surface area (Å²) in [5, 5.41) is 10.7. The lowest BCUT2D eigenvalue weighted by atomic mass is 9.99. The Bertz CT molecular complexity index is 894. The molecule has 5 nitrogen and oxygen atoms in total. The van der Waals surface area contributed by atoms with E-state index in [-0.39, 0.29) is 25.1 Å². The summed E-state index contributed by atoms with van der Waals surface area (Å²) in [6.45, 7) is 4.33. The molecule has 0 aliphatic carbocycles. The summed E-state index contributed by atoms with van der Waals surface area (Å²) >= 11 is 0. The van der Waals surface area contributed by atoms with Gasteiger partial charge in [-0.05, 0) is 37.5 Å². The molecule has 4 rings (SSSR count). The number of aliphatic hydroxyl groups is 1. The average Bonchev–Trinajstić information content (AvgIpc) is 3.12. The van der Waals surface area contributed by atoms with Crippen molar-refractivity contribution in [2.75, 3.05) is 19.8 Å². The molecule has 0 spiro atoms.